The third-order valence-electron chi connectivity index (χ3n) is 2.63. The van der Waals surface area contributed by atoms with E-state index in [1.54, 1.807) is 12.4 Å². The molecule has 0 unspecified atom stereocenters. The van der Waals surface area contributed by atoms with Gasteiger partial charge in [-0.25, -0.2) is 4.39 Å². The van der Waals surface area contributed by atoms with Crippen LogP contribution >= 0.6 is 0 Å². The number of terminal acetylenes is 1. The summed E-state index contributed by atoms with van der Waals surface area (Å²) in [6.07, 6.45) is 8.86. The van der Waals surface area contributed by atoms with Crippen molar-refractivity contribution < 1.29 is 4.39 Å². The first kappa shape index (κ1) is 10.6. The van der Waals surface area contributed by atoms with Crippen LogP contribution in [0.3, 0.4) is 0 Å². The molecule has 0 saturated carbocycles. The van der Waals surface area contributed by atoms with E-state index in [1.165, 1.54) is 12.1 Å². The van der Waals surface area contributed by atoms with Crippen LogP contribution in [0.1, 0.15) is 30.9 Å². The summed E-state index contributed by atoms with van der Waals surface area (Å²) in [4.78, 5) is 4.12. The molecule has 1 nitrogen and oxygen atoms in total. The largest absolute Gasteiger partial charge is 0.264 e. The molecular weight excluding hydrogens is 201 g/mol. The van der Waals surface area contributed by atoms with E-state index in [4.69, 9.17) is 6.42 Å². The minimum Gasteiger partial charge on any atom is -0.264 e. The lowest BCUT2D eigenvalue weighted by Gasteiger charge is -2.11. The fourth-order valence-corrected chi connectivity index (χ4v) is 1.87. The molecule has 2 aromatic rings. The van der Waals surface area contributed by atoms with Crippen LogP contribution in [0.15, 0.2) is 24.5 Å². The van der Waals surface area contributed by atoms with Gasteiger partial charge in [0.15, 0.2) is 0 Å². The molecule has 0 radical (unpaired) electrons. The highest BCUT2D eigenvalue weighted by Crippen LogP contribution is 2.27. The Kier molecular flexibility index (Phi) is 2.62. The van der Waals surface area contributed by atoms with Gasteiger partial charge in [-0.3, -0.25) is 4.98 Å². The summed E-state index contributed by atoms with van der Waals surface area (Å²) in [6, 6.07) is 2.86. The standard InChI is InChI=1S/C14H12FN/c1-4-10-5-12(15)6-11-7-16-8-13(9(2)3)14(10)11/h1,5-9H,2-3H3. The number of rotatable bonds is 1. The second-order valence-corrected chi connectivity index (χ2v) is 4.08. The zero-order valence-electron chi connectivity index (χ0n) is 9.29. The van der Waals surface area contributed by atoms with Gasteiger partial charge in [0.2, 0.25) is 0 Å². The molecule has 1 aromatic heterocycles. The predicted molar refractivity (Wildman–Crippen MR) is 63.7 cm³/mol. The van der Waals surface area contributed by atoms with Crippen LogP contribution in [0.5, 0.6) is 0 Å². The van der Waals surface area contributed by atoms with Crippen molar-refractivity contribution in [1.29, 1.82) is 0 Å². The third-order valence-corrected chi connectivity index (χ3v) is 2.63. The lowest BCUT2D eigenvalue weighted by molar-refractivity contribution is 0.629. The van der Waals surface area contributed by atoms with E-state index in [0.717, 1.165) is 16.3 Å². The highest BCUT2D eigenvalue weighted by molar-refractivity contribution is 5.90. The third kappa shape index (κ3) is 1.65. The quantitative estimate of drug-likeness (QED) is 0.661. The monoisotopic (exact) mass is 213 g/mol. The van der Waals surface area contributed by atoms with Crippen LogP contribution in [-0.4, -0.2) is 4.98 Å². The summed E-state index contributed by atoms with van der Waals surface area (Å²) in [5, 5.41) is 1.70. The summed E-state index contributed by atoms with van der Waals surface area (Å²) < 4.78 is 13.3. The van der Waals surface area contributed by atoms with E-state index >= 15 is 0 Å². The molecule has 0 amide bonds. The van der Waals surface area contributed by atoms with Gasteiger partial charge in [0.1, 0.15) is 5.82 Å². The smallest absolute Gasteiger partial charge is 0.125 e. The van der Waals surface area contributed by atoms with Gasteiger partial charge in [0.05, 0.1) is 0 Å². The minimum absolute atomic E-state index is 0.314. The molecule has 1 aromatic carbocycles. The van der Waals surface area contributed by atoms with Crippen molar-refractivity contribution in [1.82, 2.24) is 4.98 Å². The van der Waals surface area contributed by atoms with Crippen molar-refractivity contribution in [3.05, 3.63) is 41.5 Å². The normalized spacial score (nSPS) is 10.7. The van der Waals surface area contributed by atoms with Gasteiger partial charge in [-0.05, 0) is 23.6 Å². The molecule has 1 heterocycles. The van der Waals surface area contributed by atoms with Crippen molar-refractivity contribution in [2.24, 2.45) is 0 Å². The van der Waals surface area contributed by atoms with Crippen LogP contribution < -0.4 is 0 Å². The van der Waals surface area contributed by atoms with Crippen molar-refractivity contribution in [2.75, 3.05) is 0 Å². The van der Waals surface area contributed by atoms with Crippen molar-refractivity contribution in [3.8, 4) is 12.3 Å². The molecular formula is C14H12FN. The number of aromatic nitrogens is 1. The Hall–Kier alpha value is -1.88. The highest BCUT2D eigenvalue weighted by Gasteiger charge is 2.10. The van der Waals surface area contributed by atoms with E-state index in [0.29, 0.717) is 11.5 Å². The number of benzene rings is 1. The van der Waals surface area contributed by atoms with Crippen LogP contribution in [0.25, 0.3) is 10.8 Å². The Balaban J connectivity index is 2.91. The van der Waals surface area contributed by atoms with Gasteiger partial charge in [0.25, 0.3) is 0 Å². The van der Waals surface area contributed by atoms with E-state index in [2.05, 4.69) is 24.8 Å². The minimum atomic E-state index is -0.317. The van der Waals surface area contributed by atoms with E-state index in [-0.39, 0.29) is 5.82 Å². The number of hydrogen-bond acceptors (Lipinski definition) is 1. The number of pyridine rings is 1. The summed E-state index contributed by atoms with van der Waals surface area (Å²) in [5.41, 5.74) is 1.66. The van der Waals surface area contributed by atoms with Crippen molar-refractivity contribution >= 4 is 10.8 Å². The van der Waals surface area contributed by atoms with Gasteiger partial charge in [-0.15, -0.1) is 6.42 Å². The van der Waals surface area contributed by atoms with Gasteiger partial charge in [-0.2, -0.15) is 0 Å². The molecule has 2 rings (SSSR count). The van der Waals surface area contributed by atoms with Crippen LogP contribution in [-0.2, 0) is 0 Å². The topological polar surface area (TPSA) is 12.9 Å². The fourth-order valence-electron chi connectivity index (χ4n) is 1.87. The molecule has 0 fully saturated rings. The molecule has 16 heavy (non-hydrogen) atoms. The zero-order chi connectivity index (χ0) is 11.7. The average Bonchev–Trinajstić information content (AvgIpc) is 2.26. The van der Waals surface area contributed by atoms with Crippen LogP contribution in [0, 0.1) is 18.2 Å². The zero-order valence-corrected chi connectivity index (χ0v) is 9.29. The van der Waals surface area contributed by atoms with Crippen LogP contribution in [0.2, 0.25) is 0 Å². The summed E-state index contributed by atoms with van der Waals surface area (Å²) in [6.45, 7) is 4.14. The Morgan fingerprint density at radius 2 is 2.06 bits per heavy atom. The average molecular weight is 213 g/mol. The molecule has 0 N–H and O–H groups in total. The van der Waals surface area contributed by atoms with Crippen LogP contribution in [0.4, 0.5) is 4.39 Å². The Morgan fingerprint density at radius 1 is 1.31 bits per heavy atom. The maximum absolute atomic E-state index is 13.3. The number of nitrogens with zero attached hydrogens (tertiary/aromatic N) is 1. The lowest BCUT2D eigenvalue weighted by Crippen LogP contribution is -1.94. The molecule has 0 aliphatic rings. The summed E-state index contributed by atoms with van der Waals surface area (Å²) in [5.74, 6) is 2.54. The fraction of sp³-hybridized carbons (Fsp3) is 0.214. The van der Waals surface area contributed by atoms with E-state index in [1.807, 2.05) is 0 Å². The second kappa shape index (κ2) is 3.94. The molecule has 0 bridgehead atoms. The maximum atomic E-state index is 13.3. The van der Waals surface area contributed by atoms with E-state index < -0.39 is 0 Å². The highest BCUT2D eigenvalue weighted by atomic mass is 19.1. The Labute approximate surface area is 94.3 Å². The maximum Gasteiger partial charge on any atom is 0.125 e. The molecule has 0 aliphatic carbocycles. The lowest BCUT2D eigenvalue weighted by atomic mass is 9.95. The molecule has 2 heteroatoms. The SMILES string of the molecule is C#Cc1cc(F)cc2cncc(C(C)C)c12. The second-order valence-electron chi connectivity index (χ2n) is 4.08. The molecule has 0 atom stereocenters. The first-order valence-corrected chi connectivity index (χ1v) is 5.17. The number of halogens is 1. The Bertz CT molecular complexity index is 579. The summed E-state index contributed by atoms with van der Waals surface area (Å²) >= 11 is 0. The molecule has 80 valence electrons. The van der Waals surface area contributed by atoms with Crippen molar-refractivity contribution in [3.63, 3.8) is 0 Å². The number of hydrogen-bond donors (Lipinski definition) is 0. The van der Waals surface area contributed by atoms with Gasteiger partial charge >= 0.3 is 0 Å². The first-order chi connectivity index (χ1) is 7.63. The van der Waals surface area contributed by atoms with Crippen molar-refractivity contribution in [2.45, 2.75) is 19.8 Å². The summed E-state index contributed by atoms with van der Waals surface area (Å²) in [7, 11) is 0. The van der Waals surface area contributed by atoms with E-state index in [9.17, 15) is 4.39 Å². The Morgan fingerprint density at radius 3 is 2.69 bits per heavy atom. The number of fused-ring (bicyclic) bond motifs is 1. The molecule has 0 saturated heterocycles. The molecule has 0 aliphatic heterocycles. The first-order valence-electron chi connectivity index (χ1n) is 5.17. The van der Waals surface area contributed by atoms with Gasteiger partial charge in [-0.1, -0.05) is 19.8 Å². The predicted octanol–water partition coefficient (Wildman–Crippen LogP) is 3.48. The van der Waals surface area contributed by atoms with Gasteiger partial charge < -0.3 is 0 Å². The van der Waals surface area contributed by atoms with Gasteiger partial charge in [0, 0.05) is 28.7 Å². The molecule has 0 spiro atoms.